The third-order valence-electron chi connectivity index (χ3n) is 1.80. The molecule has 0 heterocycles. The van der Waals surface area contributed by atoms with Crippen LogP contribution in [0.4, 0.5) is 13.2 Å². The van der Waals surface area contributed by atoms with Crippen molar-refractivity contribution < 1.29 is 13.2 Å². The summed E-state index contributed by atoms with van der Waals surface area (Å²) in [5.41, 5.74) is -0.567. The smallest absolute Gasteiger partial charge is 0.166 e. The van der Waals surface area contributed by atoms with Gasteiger partial charge in [-0.2, -0.15) is 13.2 Å². The van der Waals surface area contributed by atoms with Gasteiger partial charge in [-0.15, -0.1) is 0 Å². The summed E-state index contributed by atoms with van der Waals surface area (Å²) in [5, 5.41) is 0.322. The summed E-state index contributed by atoms with van der Waals surface area (Å²) < 4.78 is 37.7. The van der Waals surface area contributed by atoms with Crippen LogP contribution < -0.4 is 0 Å². The van der Waals surface area contributed by atoms with Gasteiger partial charge in [0.2, 0.25) is 0 Å². The Morgan fingerprint density at radius 2 is 1.80 bits per heavy atom. The van der Waals surface area contributed by atoms with Gasteiger partial charge in [-0.3, -0.25) is 0 Å². The summed E-state index contributed by atoms with van der Waals surface area (Å²) >= 11 is 5.59. The van der Waals surface area contributed by atoms with Crippen LogP contribution in [0.2, 0.25) is 0 Å². The standard InChI is InChI=1S/C11H14ClF3/c1-5-10(11(13,14)15)9(7(2)3)6-8(4)12/h5-7H,1H2,2-4H3/b8-6+,10-9-. The average molecular weight is 239 g/mol. The summed E-state index contributed by atoms with van der Waals surface area (Å²) in [6, 6.07) is 0. The van der Waals surface area contributed by atoms with Gasteiger partial charge < -0.3 is 0 Å². The fourth-order valence-corrected chi connectivity index (χ4v) is 1.28. The molecule has 0 saturated carbocycles. The Bertz CT molecular complexity index is 291. The maximum atomic E-state index is 12.6. The SMILES string of the molecule is C=C/C(=C(\C=C(/C)Cl)C(C)C)C(F)(F)F. The molecule has 0 N–H and O–H groups in total. The predicted molar refractivity (Wildman–Crippen MR) is 57.7 cm³/mol. The Hall–Kier alpha value is -0.700. The van der Waals surface area contributed by atoms with Gasteiger partial charge >= 0.3 is 6.18 Å². The van der Waals surface area contributed by atoms with Crippen molar-refractivity contribution in [1.82, 2.24) is 0 Å². The second kappa shape index (κ2) is 5.40. The van der Waals surface area contributed by atoms with E-state index in [9.17, 15) is 13.2 Å². The monoisotopic (exact) mass is 238 g/mol. The van der Waals surface area contributed by atoms with Crippen LogP contribution in [-0.2, 0) is 0 Å². The molecule has 86 valence electrons. The lowest BCUT2D eigenvalue weighted by Gasteiger charge is -2.15. The molecular weight excluding hydrogens is 225 g/mol. The lowest BCUT2D eigenvalue weighted by atomic mass is 9.96. The quantitative estimate of drug-likeness (QED) is 0.618. The Morgan fingerprint density at radius 3 is 2.00 bits per heavy atom. The van der Waals surface area contributed by atoms with E-state index in [1.165, 1.54) is 6.08 Å². The number of halogens is 4. The molecule has 0 aliphatic carbocycles. The fourth-order valence-electron chi connectivity index (χ4n) is 1.17. The van der Waals surface area contributed by atoms with Crippen LogP contribution in [0.15, 0.2) is 34.9 Å². The molecule has 0 aromatic carbocycles. The van der Waals surface area contributed by atoms with Crippen LogP contribution in [0.3, 0.4) is 0 Å². The van der Waals surface area contributed by atoms with Crippen molar-refractivity contribution in [3.05, 3.63) is 34.9 Å². The zero-order valence-electron chi connectivity index (χ0n) is 8.95. The summed E-state index contributed by atoms with van der Waals surface area (Å²) in [6.45, 7) is 8.09. The van der Waals surface area contributed by atoms with Crippen molar-refractivity contribution in [2.75, 3.05) is 0 Å². The minimum atomic E-state index is -4.38. The fraction of sp³-hybridized carbons (Fsp3) is 0.455. The van der Waals surface area contributed by atoms with Crippen molar-refractivity contribution >= 4 is 11.6 Å². The molecule has 0 aromatic rings. The van der Waals surface area contributed by atoms with Crippen molar-refractivity contribution in [2.45, 2.75) is 26.9 Å². The minimum Gasteiger partial charge on any atom is -0.166 e. The zero-order chi connectivity index (χ0) is 12.2. The first-order chi connectivity index (χ1) is 6.70. The van der Waals surface area contributed by atoms with E-state index in [1.807, 2.05) is 0 Å². The molecule has 0 spiro atoms. The van der Waals surface area contributed by atoms with Crippen LogP contribution in [0, 0.1) is 5.92 Å². The maximum absolute atomic E-state index is 12.6. The predicted octanol–water partition coefficient (Wildman–Crippen LogP) is 4.83. The molecule has 0 fully saturated rings. The molecule has 0 aliphatic heterocycles. The largest absolute Gasteiger partial charge is 0.416 e. The first-order valence-electron chi connectivity index (χ1n) is 4.47. The van der Waals surface area contributed by atoms with E-state index in [-0.39, 0.29) is 11.5 Å². The Kier molecular flexibility index (Phi) is 5.15. The van der Waals surface area contributed by atoms with Gasteiger partial charge in [-0.05, 0) is 24.5 Å². The number of allylic oxidation sites excluding steroid dienone is 5. The van der Waals surface area contributed by atoms with E-state index in [0.29, 0.717) is 5.03 Å². The average Bonchev–Trinajstić information content (AvgIpc) is 2.00. The van der Waals surface area contributed by atoms with Crippen molar-refractivity contribution in [1.29, 1.82) is 0 Å². The summed E-state index contributed by atoms with van der Waals surface area (Å²) in [6.07, 6.45) is -2.23. The maximum Gasteiger partial charge on any atom is 0.416 e. The second-order valence-electron chi connectivity index (χ2n) is 3.46. The van der Waals surface area contributed by atoms with Gasteiger partial charge in [0.15, 0.2) is 0 Å². The van der Waals surface area contributed by atoms with Crippen molar-refractivity contribution in [3.63, 3.8) is 0 Å². The summed E-state index contributed by atoms with van der Waals surface area (Å²) in [7, 11) is 0. The van der Waals surface area contributed by atoms with Crippen molar-refractivity contribution in [3.8, 4) is 0 Å². The Balaban J connectivity index is 5.60. The third kappa shape index (κ3) is 4.56. The lowest BCUT2D eigenvalue weighted by Crippen LogP contribution is -2.14. The van der Waals surface area contributed by atoms with E-state index in [4.69, 9.17) is 11.6 Å². The molecule has 0 saturated heterocycles. The van der Waals surface area contributed by atoms with Crippen molar-refractivity contribution in [2.24, 2.45) is 5.92 Å². The Morgan fingerprint density at radius 1 is 1.33 bits per heavy atom. The van der Waals surface area contributed by atoms with Crippen LogP contribution >= 0.6 is 11.6 Å². The van der Waals surface area contributed by atoms with Gasteiger partial charge in [-0.1, -0.05) is 38.1 Å². The van der Waals surface area contributed by atoms with Gasteiger partial charge in [0.1, 0.15) is 0 Å². The second-order valence-corrected chi connectivity index (χ2v) is 4.05. The van der Waals surface area contributed by atoms with Crippen LogP contribution in [0.5, 0.6) is 0 Å². The molecule has 0 amide bonds. The minimum absolute atomic E-state index is 0.157. The molecule has 0 bridgehead atoms. The lowest BCUT2D eigenvalue weighted by molar-refractivity contribution is -0.0891. The molecule has 0 atom stereocenters. The Labute approximate surface area is 93.1 Å². The van der Waals surface area contributed by atoms with E-state index >= 15 is 0 Å². The normalized spacial score (nSPS) is 15.3. The molecule has 0 rings (SSSR count). The van der Waals surface area contributed by atoms with E-state index in [1.54, 1.807) is 20.8 Å². The third-order valence-corrected chi connectivity index (χ3v) is 1.91. The van der Waals surface area contributed by atoms with Crippen LogP contribution in [0.25, 0.3) is 0 Å². The molecule has 15 heavy (non-hydrogen) atoms. The highest BCUT2D eigenvalue weighted by Gasteiger charge is 2.34. The molecular formula is C11H14ClF3. The topological polar surface area (TPSA) is 0 Å². The molecule has 4 heteroatoms. The molecule has 0 unspecified atom stereocenters. The number of hydrogen-bond donors (Lipinski definition) is 0. The number of hydrogen-bond acceptors (Lipinski definition) is 0. The van der Waals surface area contributed by atoms with Gasteiger partial charge in [-0.25, -0.2) is 0 Å². The van der Waals surface area contributed by atoms with E-state index in [2.05, 4.69) is 6.58 Å². The van der Waals surface area contributed by atoms with Gasteiger partial charge in [0.25, 0.3) is 0 Å². The first-order valence-corrected chi connectivity index (χ1v) is 4.85. The number of rotatable bonds is 3. The molecule has 0 radical (unpaired) electrons. The van der Waals surface area contributed by atoms with E-state index < -0.39 is 11.7 Å². The molecule has 0 aromatic heterocycles. The summed E-state index contributed by atoms with van der Waals surface area (Å²) in [5.74, 6) is -0.256. The zero-order valence-corrected chi connectivity index (χ0v) is 9.71. The highest BCUT2D eigenvalue weighted by atomic mass is 35.5. The molecule has 0 nitrogen and oxygen atoms in total. The van der Waals surface area contributed by atoms with Gasteiger partial charge in [0.05, 0.1) is 5.57 Å². The summed E-state index contributed by atoms with van der Waals surface area (Å²) in [4.78, 5) is 0. The van der Waals surface area contributed by atoms with Gasteiger partial charge in [0, 0.05) is 5.03 Å². The first kappa shape index (κ1) is 14.3. The van der Waals surface area contributed by atoms with E-state index in [0.717, 1.165) is 6.08 Å². The van der Waals surface area contributed by atoms with Crippen LogP contribution in [-0.4, -0.2) is 6.18 Å². The number of alkyl halides is 3. The molecule has 0 aliphatic rings. The van der Waals surface area contributed by atoms with Crippen LogP contribution in [0.1, 0.15) is 20.8 Å². The highest BCUT2D eigenvalue weighted by molar-refractivity contribution is 6.29. The highest BCUT2D eigenvalue weighted by Crippen LogP contribution is 2.33.